The van der Waals surface area contributed by atoms with Crippen LogP contribution in [0, 0.1) is 12.8 Å². The second-order valence-corrected chi connectivity index (χ2v) is 5.88. The third-order valence-corrected chi connectivity index (χ3v) is 3.83. The Hall–Kier alpha value is -1.89. The minimum Gasteiger partial charge on any atom is -0.360 e. The summed E-state index contributed by atoms with van der Waals surface area (Å²) >= 11 is 0. The second-order valence-electron chi connectivity index (χ2n) is 5.88. The first-order valence-corrected chi connectivity index (χ1v) is 7.74. The topological polar surface area (TPSA) is 87.5 Å². The molecule has 1 aliphatic rings. The number of hydrogen-bond acceptors (Lipinski definition) is 5. The fourth-order valence-corrected chi connectivity index (χ4v) is 2.63. The van der Waals surface area contributed by atoms with Gasteiger partial charge >= 0.3 is 0 Å². The zero-order valence-corrected chi connectivity index (χ0v) is 13.2. The summed E-state index contributed by atoms with van der Waals surface area (Å²) in [5, 5.41) is 9.32. The molecule has 1 aliphatic carbocycles. The summed E-state index contributed by atoms with van der Waals surface area (Å²) in [6.45, 7) is 3.19. The van der Waals surface area contributed by atoms with E-state index in [9.17, 15) is 9.59 Å². The summed E-state index contributed by atoms with van der Waals surface area (Å²) in [5.41, 5.74) is 0. The Morgan fingerprint density at radius 2 is 2.14 bits per heavy atom. The molecule has 7 nitrogen and oxygen atoms in total. The maximum atomic E-state index is 11.9. The van der Waals surface area contributed by atoms with Crippen LogP contribution in [0.15, 0.2) is 10.6 Å². The van der Waals surface area contributed by atoms with Gasteiger partial charge in [0.15, 0.2) is 5.82 Å². The minimum atomic E-state index is -0.155. The molecule has 1 heterocycles. The second kappa shape index (κ2) is 7.93. The van der Waals surface area contributed by atoms with Gasteiger partial charge in [0, 0.05) is 25.1 Å². The van der Waals surface area contributed by atoms with Crippen molar-refractivity contribution in [2.75, 3.05) is 32.0 Å². The Morgan fingerprint density at radius 1 is 1.41 bits per heavy atom. The van der Waals surface area contributed by atoms with Crippen molar-refractivity contribution < 1.29 is 14.1 Å². The number of nitrogens with one attached hydrogen (secondary N) is 2. The van der Waals surface area contributed by atoms with E-state index in [1.165, 1.54) is 0 Å². The summed E-state index contributed by atoms with van der Waals surface area (Å²) in [7, 11) is 1.84. The molecule has 22 heavy (non-hydrogen) atoms. The van der Waals surface area contributed by atoms with Crippen LogP contribution in [0.1, 0.15) is 31.4 Å². The van der Waals surface area contributed by atoms with E-state index in [2.05, 4.69) is 15.8 Å². The van der Waals surface area contributed by atoms with Crippen molar-refractivity contribution in [3.8, 4) is 0 Å². The Kier molecular flexibility index (Phi) is 5.94. The normalized spacial score (nSPS) is 15.2. The van der Waals surface area contributed by atoms with Crippen LogP contribution < -0.4 is 10.6 Å². The van der Waals surface area contributed by atoms with E-state index in [-0.39, 0.29) is 24.3 Å². The van der Waals surface area contributed by atoms with Crippen LogP contribution in [0.4, 0.5) is 5.82 Å². The molecular weight excluding hydrogens is 284 g/mol. The van der Waals surface area contributed by atoms with Gasteiger partial charge in [0.05, 0.1) is 6.54 Å². The number of anilines is 1. The van der Waals surface area contributed by atoms with Gasteiger partial charge in [-0.15, -0.1) is 0 Å². The van der Waals surface area contributed by atoms with Crippen molar-refractivity contribution in [2.45, 2.75) is 32.6 Å². The van der Waals surface area contributed by atoms with Crippen molar-refractivity contribution in [3.05, 3.63) is 11.8 Å². The lowest BCUT2D eigenvalue weighted by Gasteiger charge is -2.17. The smallest absolute Gasteiger partial charge is 0.239 e. The molecule has 0 saturated heterocycles. The lowest BCUT2D eigenvalue weighted by Crippen LogP contribution is -2.38. The molecule has 0 radical (unpaired) electrons. The van der Waals surface area contributed by atoms with Gasteiger partial charge in [-0.2, -0.15) is 0 Å². The van der Waals surface area contributed by atoms with Gasteiger partial charge in [0.2, 0.25) is 11.8 Å². The van der Waals surface area contributed by atoms with Crippen LogP contribution in [-0.2, 0) is 9.59 Å². The fraction of sp³-hybridized carbons (Fsp3) is 0.667. The maximum absolute atomic E-state index is 11.9. The minimum absolute atomic E-state index is 0.147. The Bertz CT molecular complexity index is 509. The van der Waals surface area contributed by atoms with Gasteiger partial charge in [-0.1, -0.05) is 18.0 Å². The molecule has 2 rings (SSSR count). The van der Waals surface area contributed by atoms with E-state index >= 15 is 0 Å². The Morgan fingerprint density at radius 3 is 2.77 bits per heavy atom. The number of hydrogen-bond donors (Lipinski definition) is 2. The molecular formula is C15H24N4O3. The first-order valence-electron chi connectivity index (χ1n) is 7.74. The summed E-state index contributed by atoms with van der Waals surface area (Å²) < 4.78 is 4.88. The van der Waals surface area contributed by atoms with Gasteiger partial charge in [0.25, 0.3) is 0 Å². The molecule has 2 N–H and O–H groups in total. The van der Waals surface area contributed by atoms with Gasteiger partial charge in [-0.25, -0.2) is 0 Å². The summed E-state index contributed by atoms with van der Waals surface area (Å²) in [4.78, 5) is 25.5. The largest absolute Gasteiger partial charge is 0.360 e. The molecule has 0 unspecified atom stereocenters. The lowest BCUT2D eigenvalue weighted by atomic mass is 10.1. The molecule has 1 fully saturated rings. The molecule has 1 saturated carbocycles. The third kappa shape index (κ3) is 5.14. The quantitative estimate of drug-likeness (QED) is 0.789. The van der Waals surface area contributed by atoms with E-state index in [4.69, 9.17) is 4.52 Å². The molecule has 122 valence electrons. The standard InChI is InChI=1S/C15H24N4O3/c1-11-9-13(18-22-11)17-14(20)10-19(2)8-7-16-15(21)12-5-3-4-6-12/h9,12H,3-8,10H2,1-2H3,(H,16,21)(H,17,18,20). The van der Waals surface area contributed by atoms with Gasteiger partial charge < -0.3 is 15.2 Å². The molecule has 0 aliphatic heterocycles. The summed E-state index contributed by atoms with van der Waals surface area (Å²) in [5.74, 6) is 1.25. The average Bonchev–Trinajstić information content (AvgIpc) is 3.10. The highest BCUT2D eigenvalue weighted by atomic mass is 16.5. The third-order valence-electron chi connectivity index (χ3n) is 3.83. The lowest BCUT2D eigenvalue weighted by molar-refractivity contribution is -0.124. The molecule has 0 bridgehead atoms. The van der Waals surface area contributed by atoms with Crippen molar-refractivity contribution in [1.82, 2.24) is 15.4 Å². The number of aryl methyl sites for hydroxylation is 1. The first-order chi connectivity index (χ1) is 10.5. The van der Waals surface area contributed by atoms with Gasteiger partial charge in [0.1, 0.15) is 5.76 Å². The Labute approximate surface area is 130 Å². The molecule has 0 spiro atoms. The van der Waals surface area contributed by atoms with Crippen LogP contribution in [0.2, 0.25) is 0 Å². The highest BCUT2D eigenvalue weighted by Crippen LogP contribution is 2.24. The molecule has 0 aromatic carbocycles. The number of amides is 2. The number of carbonyl (C=O) groups is 2. The number of carbonyl (C=O) groups excluding carboxylic acids is 2. The maximum Gasteiger partial charge on any atom is 0.239 e. The zero-order valence-electron chi connectivity index (χ0n) is 13.2. The van der Waals surface area contributed by atoms with E-state index in [1.54, 1.807) is 13.0 Å². The molecule has 1 aromatic heterocycles. The van der Waals surface area contributed by atoms with E-state index < -0.39 is 0 Å². The fourth-order valence-electron chi connectivity index (χ4n) is 2.63. The Balaban J connectivity index is 1.61. The van der Waals surface area contributed by atoms with E-state index in [1.807, 2.05) is 11.9 Å². The number of likely N-dealkylation sites (N-methyl/N-ethyl adjacent to an activating group) is 1. The van der Waals surface area contributed by atoms with E-state index in [0.29, 0.717) is 24.7 Å². The zero-order chi connectivity index (χ0) is 15.9. The van der Waals surface area contributed by atoms with Gasteiger partial charge in [-0.05, 0) is 26.8 Å². The van der Waals surface area contributed by atoms with Crippen molar-refractivity contribution >= 4 is 17.6 Å². The monoisotopic (exact) mass is 308 g/mol. The number of nitrogens with zero attached hydrogens (tertiary/aromatic N) is 2. The highest BCUT2D eigenvalue weighted by Gasteiger charge is 2.22. The molecule has 1 aromatic rings. The first kappa shape index (κ1) is 16.5. The number of aromatic nitrogens is 1. The van der Waals surface area contributed by atoms with Crippen LogP contribution >= 0.6 is 0 Å². The van der Waals surface area contributed by atoms with Crippen LogP contribution in [0.3, 0.4) is 0 Å². The van der Waals surface area contributed by atoms with E-state index in [0.717, 1.165) is 25.7 Å². The van der Waals surface area contributed by atoms with Gasteiger partial charge in [-0.3, -0.25) is 14.5 Å². The summed E-state index contributed by atoms with van der Waals surface area (Å²) in [6, 6.07) is 1.67. The van der Waals surface area contributed by atoms with Crippen molar-refractivity contribution in [3.63, 3.8) is 0 Å². The molecule has 2 amide bonds. The predicted molar refractivity (Wildman–Crippen MR) is 82.3 cm³/mol. The average molecular weight is 308 g/mol. The predicted octanol–water partition coefficient (Wildman–Crippen LogP) is 1.16. The van der Waals surface area contributed by atoms with Crippen LogP contribution in [0.25, 0.3) is 0 Å². The number of rotatable bonds is 7. The van der Waals surface area contributed by atoms with Crippen molar-refractivity contribution in [1.29, 1.82) is 0 Å². The van der Waals surface area contributed by atoms with Crippen LogP contribution in [-0.4, -0.2) is 48.6 Å². The molecule has 0 atom stereocenters. The SMILES string of the molecule is Cc1cc(NC(=O)CN(C)CCNC(=O)C2CCCC2)no1. The molecule has 7 heteroatoms. The highest BCUT2D eigenvalue weighted by molar-refractivity contribution is 5.91. The van der Waals surface area contributed by atoms with Crippen LogP contribution in [0.5, 0.6) is 0 Å². The summed E-state index contributed by atoms with van der Waals surface area (Å²) in [6.07, 6.45) is 4.31. The van der Waals surface area contributed by atoms with Crippen molar-refractivity contribution in [2.24, 2.45) is 5.92 Å².